The number of pyridine rings is 1. The zero-order valence-electron chi connectivity index (χ0n) is 10.5. The molecule has 1 atom stereocenters. The molecule has 7 nitrogen and oxygen atoms in total. The van der Waals surface area contributed by atoms with Crippen LogP contribution in [0.3, 0.4) is 0 Å². The van der Waals surface area contributed by atoms with Crippen LogP contribution in [-0.4, -0.2) is 28.2 Å². The molecule has 0 bridgehead atoms. The molecule has 2 aromatic heterocycles. The maximum absolute atomic E-state index is 12.0. The highest BCUT2D eigenvalue weighted by Gasteiger charge is 2.15. The lowest BCUT2D eigenvalue weighted by Crippen LogP contribution is -2.26. The molecule has 100 valence electrons. The summed E-state index contributed by atoms with van der Waals surface area (Å²) in [6, 6.07) is 3.01. The van der Waals surface area contributed by atoms with Crippen molar-refractivity contribution in [1.82, 2.24) is 20.5 Å². The van der Waals surface area contributed by atoms with E-state index in [1.165, 1.54) is 24.6 Å². The number of anilines is 1. The van der Waals surface area contributed by atoms with Crippen molar-refractivity contribution in [3.05, 3.63) is 28.9 Å². The quantitative estimate of drug-likeness (QED) is 0.866. The van der Waals surface area contributed by atoms with Crippen molar-refractivity contribution in [1.29, 1.82) is 0 Å². The minimum Gasteiger partial charge on any atom is -0.481 e. The van der Waals surface area contributed by atoms with Gasteiger partial charge >= 0.3 is 0 Å². The maximum Gasteiger partial charge on any atom is 0.253 e. The molecule has 0 aromatic carbocycles. The molecule has 0 saturated heterocycles. The fourth-order valence-corrected chi connectivity index (χ4v) is 2.01. The van der Waals surface area contributed by atoms with Crippen molar-refractivity contribution in [3.63, 3.8) is 0 Å². The summed E-state index contributed by atoms with van der Waals surface area (Å²) in [7, 11) is 1.52. The standard InChI is InChI=1S/C11H13N5O2S/c1-6(10-15-16-11(12)19-10)14-9(17)7-3-4-8(18-2)13-5-7/h3-6H,1-2H3,(H2,12,16)(H,14,17). The maximum atomic E-state index is 12.0. The molecule has 2 aromatic rings. The number of rotatable bonds is 4. The van der Waals surface area contributed by atoms with Crippen molar-refractivity contribution >= 4 is 22.4 Å². The van der Waals surface area contributed by atoms with Gasteiger partial charge in [-0.2, -0.15) is 0 Å². The van der Waals surface area contributed by atoms with E-state index in [4.69, 9.17) is 10.5 Å². The highest BCUT2D eigenvalue weighted by atomic mass is 32.1. The van der Waals surface area contributed by atoms with E-state index in [0.717, 1.165) is 0 Å². The van der Waals surface area contributed by atoms with Crippen LogP contribution in [0.25, 0.3) is 0 Å². The SMILES string of the molecule is COc1ccc(C(=O)NC(C)c2nnc(N)s2)cn1. The Kier molecular flexibility index (Phi) is 3.91. The van der Waals surface area contributed by atoms with Gasteiger partial charge in [0.25, 0.3) is 5.91 Å². The molecule has 19 heavy (non-hydrogen) atoms. The zero-order valence-corrected chi connectivity index (χ0v) is 11.3. The third-order valence-electron chi connectivity index (χ3n) is 2.38. The molecular formula is C11H13N5O2S. The lowest BCUT2D eigenvalue weighted by atomic mass is 10.2. The van der Waals surface area contributed by atoms with Crippen LogP contribution in [0.1, 0.15) is 28.3 Å². The van der Waals surface area contributed by atoms with Crippen molar-refractivity contribution in [2.45, 2.75) is 13.0 Å². The molecule has 8 heteroatoms. The number of methoxy groups -OCH3 is 1. The second kappa shape index (κ2) is 5.61. The van der Waals surface area contributed by atoms with Crippen LogP contribution in [-0.2, 0) is 0 Å². The minimum atomic E-state index is -0.260. The average Bonchev–Trinajstić information content (AvgIpc) is 2.85. The molecule has 1 amide bonds. The number of amides is 1. The molecule has 3 N–H and O–H groups in total. The van der Waals surface area contributed by atoms with Crippen molar-refractivity contribution in [2.75, 3.05) is 12.8 Å². The lowest BCUT2D eigenvalue weighted by molar-refractivity contribution is 0.0939. The van der Waals surface area contributed by atoms with Crippen LogP contribution in [0.2, 0.25) is 0 Å². The second-order valence-corrected chi connectivity index (χ2v) is 4.80. The number of nitrogens with two attached hydrogens (primary N) is 1. The molecule has 0 aliphatic carbocycles. The second-order valence-electron chi connectivity index (χ2n) is 3.76. The van der Waals surface area contributed by atoms with Crippen molar-refractivity contribution < 1.29 is 9.53 Å². The smallest absolute Gasteiger partial charge is 0.253 e. The summed E-state index contributed by atoms with van der Waals surface area (Å²) in [5.74, 6) is 0.220. The van der Waals surface area contributed by atoms with Gasteiger partial charge in [-0.3, -0.25) is 4.79 Å². The summed E-state index contributed by atoms with van der Waals surface area (Å²) in [5.41, 5.74) is 5.95. The number of ether oxygens (including phenoxy) is 1. The monoisotopic (exact) mass is 279 g/mol. The Hall–Kier alpha value is -2.22. The third-order valence-corrected chi connectivity index (χ3v) is 3.32. The number of carbonyl (C=O) groups excluding carboxylic acids is 1. The minimum absolute atomic E-state index is 0.239. The fraction of sp³-hybridized carbons (Fsp3) is 0.273. The van der Waals surface area contributed by atoms with Crippen LogP contribution in [0.4, 0.5) is 5.13 Å². The van der Waals surface area contributed by atoms with E-state index in [-0.39, 0.29) is 11.9 Å². The average molecular weight is 279 g/mol. The van der Waals surface area contributed by atoms with Crippen molar-refractivity contribution in [2.24, 2.45) is 0 Å². The lowest BCUT2D eigenvalue weighted by Gasteiger charge is -2.10. The molecule has 0 saturated carbocycles. The van der Waals surface area contributed by atoms with Gasteiger partial charge in [-0.25, -0.2) is 4.98 Å². The van der Waals surface area contributed by atoms with Gasteiger partial charge in [0.15, 0.2) is 0 Å². The number of carbonyl (C=O) groups is 1. The highest BCUT2D eigenvalue weighted by Crippen LogP contribution is 2.19. The molecule has 1 unspecified atom stereocenters. The first-order valence-corrected chi connectivity index (χ1v) is 6.31. The molecule has 0 aliphatic rings. The highest BCUT2D eigenvalue weighted by molar-refractivity contribution is 7.15. The molecule has 0 radical (unpaired) electrons. The van der Waals surface area contributed by atoms with E-state index < -0.39 is 0 Å². The van der Waals surface area contributed by atoms with Gasteiger partial charge in [-0.1, -0.05) is 11.3 Å². The Labute approximate surface area is 113 Å². The molecule has 0 spiro atoms. The summed E-state index contributed by atoms with van der Waals surface area (Å²) < 4.78 is 4.93. The van der Waals surface area contributed by atoms with Gasteiger partial charge < -0.3 is 15.8 Å². The topological polar surface area (TPSA) is 103 Å². The molecule has 2 heterocycles. The van der Waals surface area contributed by atoms with E-state index in [9.17, 15) is 4.79 Å². The van der Waals surface area contributed by atoms with E-state index >= 15 is 0 Å². The van der Waals surface area contributed by atoms with Gasteiger partial charge in [-0.15, -0.1) is 10.2 Å². The van der Waals surface area contributed by atoms with Gasteiger partial charge in [-0.05, 0) is 13.0 Å². The van der Waals surface area contributed by atoms with Gasteiger partial charge in [0, 0.05) is 12.3 Å². The Morgan fingerprint density at radius 3 is 2.79 bits per heavy atom. The molecular weight excluding hydrogens is 266 g/mol. The number of nitrogen functional groups attached to an aromatic ring is 1. The van der Waals surface area contributed by atoms with Gasteiger partial charge in [0.2, 0.25) is 11.0 Å². The van der Waals surface area contributed by atoms with Crippen LogP contribution in [0, 0.1) is 0 Å². The fourth-order valence-electron chi connectivity index (χ4n) is 1.40. The summed E-state index contributed by atoms with van der Waals surface area (Å²) in [5, 5.41) is 11.4. The summed E-state index contributed by atoms with van der Waals surface area (Å²) in [6.45, 7) is 1.81. The van der Waals surface area contributed by atoms with E-state index in [1.807, 2.05) is 6.92 Å². The van der Waals surface area contributed by atoms with Crippen molar-refractivity contribution in [3.8, 4) is 5.88 Å². The predicted molar refractivity (Wildman–Crippen MR) is 71.0 cm³/mol. The van der Waals surface area contributed by atoms with Gasteiger partial charge in [0.05, 0.1) is 18.7 Å². The number of hydrogen-bond donors (Lipinski definition) is 2. The predicted octanol–water partition coefficient (Wildman–Crippen LogP) is 1.01. The molecule has 0 aliphatic heterocycles. The molecule has 2 rings (SSSR count). The van der Waals surface area contributed by atoms with Crippen LogP contribution in [0.15, 0.2) is 18.3 Å². The number of hydrogen-bond acceptors (Lipinski definition) is 7. The summed E-state index contributed by atoms with van der Waals surface area (Å²) in [6.07, 6.45) is 1.45. The van der Waals surface area contributed by atoms with Crippen LogP contribution >= 0.6 is 11.3 Å². The first-order valence-electron chi connectivity index (χ1n) is 5.50. The Morgan fingerprint density at radius 2 is 2.26 bits per heavy atom. The Bertz CT molecular complexity index is 569. The first kappa shape index (κ1) is 13.2. The van der Waals surface area contributed by atoms with E-state index in [0.29, 0.717) is 21.6 Å². The normalized spacial score (nSPS) is 11.9. The number of nitrogens with one attached hydrogen (secondary N) is 1. The van der Waals surface area contributed by atoms with Crippen LogP contribution in [0.5, 0.6) is 5.88 Å². The molecule has 0 fully saturated rings. The Balaban J connectivity index is 2.03. The van der Waals surface area contributed by atoms with Gasteiger partial charge in [0.1, 0.15) is 5.01 Å². The summed E-state index contributed by atoms with van der Waals surface area (Å²) >= 11 is 1.24. The van der Waals surface area contributed by atoms with Crippen LogP contribution < -0.4 is 15.8 Å². The number of aromatic nitrogens is 3. The first-order chi connectivity index (χ1) is 9.10. The van der Waals surface area contributed by atoms with E-state index in [2.05, 4.69) is 20.5 Å². The number of nitrogens with zero attached hydrogens (tertiary/aromatic N) is 3. The summed E-state index contributed by atoms with van der Waals surface area (Å²) in [4.78, 5) is 15.9. The zero-order chi connectivity index (χ0) is 13.8. The Morgan fingerprint density at radius 1 is 1.47 bits per heavy atom. The largest absolute Gasteiger partial charge is 0.481 e. The third kappa shape index (κ3) is 3.16. The van der Waals surface area contributed by atoms with E-state index in [1.54, 1.807) is 12.1 Å².